The van der Waals surface area contributed by atoms with E-state index in [0.29, 0.717) is 3.63 Å². The second-order valence-corrected chi connectivity index (χ2v) is 25.5. The number of fused-ring (bicyclic) bond motifs is 3. The van der Waals surface area contributed by atoms with Crippen LogP contribution in [0.3, 0.4) is 0 Å². The third kappa shape index (κ3) is 8.51. The Labute approximate surface area is 381 Å². The number of rotatable bonds is 6. The summed E-state index contributed by atoms with van der Waals surface area (Å²) in [5.74, 6) is 0. The molecular formula is C51H46Cl2I2Zr. The molecular weight excluding hydrogens is 1030 g/mol. The van der Waals surface area contributed by atoms with Crippen molar-refractivity contribution in [1.82, 2.24) is 0 Å². The van der Waals surface area contributed by atoms with E-state index in [-0.39, 0.29) is 35.6 Å². The first-order valence-corrected chi connectivity index (χ1v) is 25.0. The van der Waals surface area contributed by atoms with Crippen LogP contribution in [0.2, 0.25) is 0 Å². The molecule has 2 aliphatic carbocycles. The molecule has 282 valence electrons. The molecule has 0 spiro atoms. The van der Waals surface area contributed by atoms with Gasteiger partial charge in [-0.15, -0.1) is 0 Å². The van der Waals surface area contributed by atoms with Gasteiger partial charge in [-0.2, -0.15) is 0 Å². The zero-order chi connectivity index (χ0) is 37.8. The molecule has 0 amide bonds. The predicted octanol–water partition coefficient (Wildman–Crippen LogP) is 8.63. The van der Waals surface area contributed by atoms with E-state index in [1.165, 1.54) is 73.9 Å². The van der Waals surface area contributed by atoms with Crippen LogP contribution < -0.4 is 24.8 Å². The maximum Gasteiger partial charge on any atom is -1.00 e. The molecule has 0 atom stereocenters. The summed E-state index contributed by atoms with van der Waals surface area (Å²) in [6.07, 6.45) is 8.24. The largest absolute Gasteiger partial charge is 1.00 e. The Morgan fingerprint density at radius 1 is 0.536 bits per heavy atom. The Hall–Kier alpha value is -2.41. The standard InChI is InChI=1S/C33H33.C13H8I2.C5H5.2ClH.Zr/c1-32(2,3)30-20-26-24(18-28(30)22-13-9-7-10-14-22)17-25-19-29(23-15-11-8-12-16-23)31(21-27(25)26)33(4,5)6;14-12-5-1-10(2-6-12)9-11-3-7-13(15)8-4-11;1-2-4-5-3-1;;;/h7-21H,1-6H3;1-8H;1-3H,4H2;2*1H;/q;;;;;+2/p-2. The average Bonchev–Trinajstić information content (AvgIpc) is 3.80. The van der Waals surface area contributed by atoms with E-state index in [1.54, 1.807) is 6.49 Å². The summed E-state index contributed by atoms with van der Waals surface area (Å²) in [5, 5.41) is 0. The third-order valence-electron chi connectivity index (χ3n) is 11.0. The summed E-state index contributed by atoms with van der Waals surface area (Å²) >= 11 is 1.97. The van der Waals surface area contributed by atoms with Crippen molar-refractivity contribution in [3.8, 4) is 33.4 Å². The minimum absolute atomic E-state index is 0. The maximum absolute atomic E-state index is 2.94. The fraction of sp³-hybridized carbons (Fsp3) is 0.196. The first-order valence-electron chi connectivity index (χ1n) is 19.0. The predicted molar refractivity (Wildman–Crippen MR) is 245 cm³/mol. The van der Waals surface area contributed by atoms with Gasteiger partial charge in [0, 0.05) is 0 Å². The molecule has 2 aliphatic rings. The molecule has 0 fully saturated rings. The van der Waals surface area contributed by atoms with Crippen molar-refractivity contribution < 1.29 is 46.1 Å². The molecule has 5 heteroatoms. The number of hydrogen-bond donors (Lipinski definition) is 0. The zero-order valence-corrected chi connectivity index (χ0v) is 41.0. The van der Waals surface area contributed by atoms with Gasteiger partial charge in [0.25, 0.3) is 0 Å². The fourth-order valence-corrected chi connectivity index (χ4v) is 18.1. The van der Waals surface area contributed by atoms with Crippen molar-refractivity contribution in [3.63, 3.8) is 0 Å². The fourth-order valence-electron chi connectivity index (χ4n) is 8.46. The van der Waals surface area contributed by atoms with E-state index < -0.39 is 21.3 Å². The van der Waals surface area contributed by atoms with E-state index in [9.17, 15) is 0 Å². The van der Waals surface area contributed by atoms with Crippen molar-refractivity contribution in [2.24, 2.45) is 0 Å². The molecule has 6 aromatic carbocycles. The number of benzene rings is 6. The topological polar surface area (TPSA) is 0 Å². The molecule has 0 radical (unpaired) electrons. The summed E-state index contributed by atoms with van der Waals surface area (Å²) in [7, 11) is 0. The summed E-state index contributed by atoms with van der Waals surface area (Å²) in [6, 6.07) is 51.5. The van der Waals surface area contributed by atoms with Gasteiger partial charge in [0.05, 0.1) is 0 Å². The molecule has 56 heavy (non-hydrogen) atoms. The first-order chi connectivity index (χ1) is 25.9. The van der Waals surface area contributed by atoms with E-state index >= 15 is 0 Å². The van der Waals surface area contributed by atoms with Crippen LogP contribution in [-0.2, 0) is 32.1 Å². The van der Waals surface area contributed by atoms with Crippen LogP contribution in [-0.4, -0.2) is 3.21 Å². The van der Waals surface area contributed by atoms with Crippen LogP contribution in [0.1, 0.15) is 85.0 Å². The van der Waals surface area contributed by atoms with Crippen LogP contribution in [0.5, 0.6) is 0 Å². The molecule has 6 aromatic rings. The molecule has 0 aromatic heterocycles. The van der Waals surface area contributed by atoms with Crippen molar-refractivity contribution in [2.75, 3.05) is 0 Å². The van der Waals surface area contributed by atoms with Gasteiger partial charge in [-0.1, -0.05) is 0 Å². The van der Waals surface area contributed by atoms with E-state index in [4.69, 9.17) is 0 Å². The van der Waals surface area contributed by atoms with Crippen LogP contribution in [0, 0.1) is 7.14 Å². The number of halogens is 4. The van der Waals surface area contributed by atoms with Crippen LogP contribution >= 0.6 is 45.2 Å². The smallest absolute Gasteiger partial charge is 1.00 e. The van der Waals surface area contributed by atoms with E-state index in [0.717, 1.165) is 6.42 Å². The summed E-state index contributed by atoms with van der Waals surface area (Å²) in [4.78, 5) is 0. The Bertz CT molecular complexity index is 2310. The zero-order valence-electron chi connectivity index (χ0n) is 32.7. The molecule has 8 rings (SSSR count). The second-order valence-electron chi connectivity index (χ2n) is 16.8. The van der Waals surface area contributed by atoms with Gasteiger partial charge in [0.15, 0.2) is 0 Å². The Morgan fingerprint density at radius 2 is 0.946 bits per heavy atom. The second kappa shape index (κ2) is 17.4. The van der Waals surface area contributed by atoms with Gasteiger partial charge < -0.3 is 24.8 Å². The summed E-state index contributed by atoms with van der Waals surface area (Å²) < 4.78 is 6.09. The molecule has 0 nitrogen and oxygen atoms in total. The van der Waals surface area contributed by atoms with Crippen molar-refractivity contribution in [2.45, 2.75) is 62.4 Å². The average molecular weight is 1070 g/mol. The van der Waals surface area contributed by atoms with Crippen molar-refractivity contribution in [3.05, 3.63) is 195 Å². The molecule has 0 aliphatic heterocycles. The molecule has 0 bridgehead atoms. The summed E-state index contributed by atoms with van der Waals surface area (Å²) in [6.45, 7) is 14.3. The Morgan fingerprint density at radius 3 is 1.30 bits per heavy atom. The minimum atomic E-state index is -2.94. The first kappa shape index (κ1) is 43.2. The summed E-state index contributed by atoms with van der Waals surface area (Å²) in [5.41, 5.74) is 16.7. The Balaban J connectivity index is 0.00000266. The molecule has 0 unspecified atom stereocenters. The minimum Gasteiger partial charge on any atom is -1.00 e. The molecule has 0 saturated heterocycles. The van der Waals surface area contributed by atoms with Gasteiger partial charge in [0.2, 0.25) is 0 Å². The molecule has 0 saturated carbocycles. The SMILES string of the molecule is CC(C)(C)c1cc2c(cc1-c1ccccc1)[CH]([Zr+2]([C]1=CC=CC1)=[C](c1ccc(I)cc1)c1ccc(I)cc1)c1cc(-c3ccccc3)c(C(C)(C)C)cc1-2.[Cl-].[Cl-]. The number of allylic oxidation sites excluding steroid dienone is 4. The van der Waals surface area contributed by atoms with E-state index in [1.807, 2.05) is 0 Å². The van der Waals surface area contributed by atoms with Gasteiger partial charge in [-0.05, 0) is 0 Å². The quantitative estimate of drug-likeness (QED) is 0.147. The Kier molecular flexibility index (Phi) is 13.4. The molecule has 0 N–H and O–H groups in total. The van der Waals surface area contributed by atoms with E-state index in [2.05, 4.69) is 238 Å². The third-order valence-corrected chi connectivity index (χ3v) is 20.8. The van der Waals surface area contributed by atoms with Gasteiger partial charge >= 0.3 is 361 Å². The van der Waals surface area contributed by atoms with Gasteiger partial charge in [-0.3, -0.25) is 0 Å². The van der Waals surface area contributed by atoms with Crippen LogP contribution in [0.4, 0.5) is 0 Å². The monoisotopic (exact) mass is 1070 g/mol. The number of hydrogen-bond acceptors (Lipinski definition) is 0. The van der Waals surface area contributed by atoms with Crippen molar-refractivity contribution in [1.29, 1.82) is 0 Å². The molecule has 0 heterocycles. The van der Waals surface area contributed by atoms with Crippen LogP contribution in [0.15, 0.2) is 155 Å². The maximum atomic E-state index is 2.64. The normalized spacial score (nSPS) is 13.2. The van der Waals surface area contributed by atoms with Gasteiger partial charge in [-0.25, -0.2) is 0 Å². The van der Waals surface area contributed by atoms with Crippen LogP contribution in [0.25, 0.3) is 33.4 Å². The van der Waals surface area contributed by atoms with Crippen molar-refractivity contribution >= 4 is 48.4 Å². The van der Waals surface area contributed by atoms with Gasteiger partial charge in [0.1, 0.15) is 0 Å².